The largest absolute Gasteiger partial charge is 0.392 e. The van der Waals surface area contributed by atoms with Crippen molar-refractivity contribution in [2.45, 2.75) is 45.8 Å². The second-order valence-electron chi connectivity index (χ2n) is 5.24. The highest BCUT2D eigenvalue weighted by molar-refractivity contribution is 7.07. The molecule has 1 heterocycles. The summed E-state index contributed by atoms with van der Waals surface area (Å²) in [6, 6.07) is 2.04. The fourth-order valence-corrected chi connectivity index (χ4v) is 2.61. The molecule has 0 aliphatic rings. The van der Waals surface area contributed by atoms with Crippen molar-refractivity contribution in [2.24, 2.45) is 0 Å². The minimum atomic E-state index is -0.512. The van der Waals surface area contributed by atoms with Crippen molar-refractivity contribution in [3.05, 3.63) is 22.4 Å². The van der Waals surface area contributed by atoms with E-state index in [9.17, 15) is 9.90 Å². The maximum atomic E-state index is 12.1. The number of carbonyl (C=O) groups is 1. The summed E-state index contributed by atoms with van der Waals surface area (Å²) in [6.07, 6.45) is -0.512. The molecule has 2 amide bonds. The Morgan fingerprint density at radius 1 is 1.42 bits per heavy atom. The number of nitrogens with one attached hydrogen (secondary N) is 1. The van der Waals surface area contributed by atoms with E-state index in [2.05, 4.69) is 23.7 Å². The van der Waals surface area contributed by atoms with E-state index < -0.39 is 6.10 Å². The van der Waals surface area contributed by atoms with Gasteiger partial charge in [0.05, 0.1) is 6.10 Å². The minimum absolute atomic E-state index is 0.0750. The van der Waals surface area contributed by atoms with E-state index in [1.165, 1.54) is 5.56 Å². The third kappa shape index (κ3) is 5.20. The quantitative estimate of drug-likeness (QED) is 0.844. The first-order valence-electron chi connectivity index (χ1n) is 6.66. The van der Waals surface area contributed by atoms with Crippen molar-refractivity contribution >= 4 is 17.4 Å². The zero-order valence-electron chi connectivity index (χ0n) is 12.1. The Hall–Kier alpha value is -1.07. The van der Waals surface area contributed by atoms with Crippen LogP contribution in [0.25, 0.3) is 0 Å². The van der Waals surface area contributed by atoms with Crippen molar-refractivity contribution in [1.82, 2.24) is 10.2 Å². The molecule has 108 valence electrons. The molecule has 0 spiro atoms. The van der Waals surface area contributed by atoms with Crippen LogP contribution in [-0.4, -0.2) is 41.3 Å². The number of carbonyl (C=O) groups excluding carboxylic acids is 1. The molecule has 4 nitrogen and oxygen atoms in total. The number of hydrogen-bond donors (Lipinski definition) is 2. The lowest BCUT2D eigenvalue weighted by Crippen LogP contribution is -2.47. The van der Waals surface area contributed by atoms with Gasteiger partial charge in [-0.15, -0.1) is 0 Å². The second-order valence-corrected chi connectivity index (χ2v) is 6.02. The summed E-state index contributed by atoms with van der Waals surface area (Å²) in [5, 5.41) is 16.5. The molecule has 1 rings (SSSR count). The summed E-state index contributed by atoms with van der Waals surface area (Å²) in [6.45, 7) is 8.65. The average molecular weight is 284 g/mol. The molecule has 1 aromatic heterocycles. The van der Waals surface area contributed by atoms with Gasteiger partial charge >= 0.3 is 6.03 Å². The van der Waals surface area contributed by atoms with E-state index in [-0.39, 0.29) is 12.1 Å². The second kappa shape index (κ2) is 7.50. The number of nitrogens with zero attached hydrogens (tertiary/aromatic N) is 1. The average Bonchev–Trinajstić information content (AvgIpc) is 2.85. The molecule has 0 fully saturated rings. The number of aliphatic hydroxyl groups is 1. The number of amides is 2. The first kappa shape index (κ1) is 16.0. The lowest BCUT2D eigenvalue weighted by atomic mass is 10.1. The first-order valence-corrected chi connectivity index (χ1v) is 7.60. The molecule has 0 radical (unpaired) electrons. The van der Waals surface area contributed by atoms with Gasteiger partial charge < -0.3 is 15.3 Å². The molecule has 0 aromatic carbocycles. The van der Waals surface area contributed by atoms with Gasteiger partial charge in [-0.1, -0.05) is 6.92 Å². The van der Waals surface area contributed by atoms with Crippen LogP contribution in [0.3, 0.4) is 0 Å². The highest BCUT2D eigenvalue weighted by Gasteiger charge is 2.19. The van der Waals surface area contributed by atoms with Crippen LogP contribution in [0.15, 0.2) is 16.8 Å². The van der Waals surface area contributed by atoms with Gasteiger partial charge in [-0.2, -0.15) is 11.3 Å². The molecule has 0 aliphatic carbocycles. The van der Waals surface area contributed by atoms with Crippen LogP contribution in [0.1, 0.15) is 39.2 Å². The van der Waals surface area contributed by atoms with Crippen molar-refractivity contribution in [2.75, 3.05) is 13.1 Å². The maximum Gasteiger partial charge on any atom is 0.317 e. The van der Waals surface area contributed by atoms with Crippen molar-refractivity contribution in [3.8, 4) is 0 Å². The molecule has 0 bridgehead atoms. The van der Waals surface area contributed by atoms with Gasteiger partial charge in [0, 0.05) is 19.1 Å². The zero-order chi connectivity index (χ0) is 14.4. The van der Waals surface area contributed by atoms with Gasteiger partial charge in [0.2, 0.25) is 0 Å². The van der Waals surface area contributed by atoms with Crippen molar-refractivity contribution < 1.29 is 9.90 Å². The predicted octanol–water partition coefficient (Wildman–Crippen LogP) is 2.65. The lowest BCUT2D eigenvalue weighted by molar-refractivity contribution is 0.119. The normalized spacial score (nSPS) is 14.2. The number of aliphatic hydroxyl groups excluding tert-OH is 1. The van der Waals surface area contributed by atoms with E-state index in [0.29, 0.717) is 19.0 Å². The summed E-state index contributed by atoms with van der Waals surface area (Å²) >= 11 is 1.67. The molecule has 0 saturated carbocycles. The van der Waals surface area contributed by atoms with Gasteiger partial charge in [-0.25, -0.2) is 4.79 Å². The Bertz CT molecular complexity index is 377. The SMILES string of the molecule is CC(O)CN(C(=O)NCC(C)c1ccsc1)C(C)C. The van der Waals surface area contributed by atoms with E-state index in [4.69, 9.17) is 0 Å². The Labute approximate surface area is 119 Å². The van der Waals surface area contributed by atoms with Crippen LogP contribution >= 0.6 is 11.3 Å². The summed E-state index contributed by atoms with van der Waals surface area (Å²) in [7, 11) is 0. The number of rotatable bonds is 6. The van der Waals surface area contributed by atoms with Gasteiger partial charge in [0.15, 0.2) is 0 Å². The molecule has 2 atom stereocenters. The van der Waals surface area contributed by atoms with Gasteiger partial charge in [-0.05, 0) is 49.1 Å². The molecule has 2 N–H and O–H groups in total. The minimum Gasteiger partial charge on any atom is -0.392 e. The fraction of sp³-hybridized carbons (Fsp3) is 0.643. The molecule has 0 aliphatic heterocycles. The van der Waals surface area contributed by atoms with Crippen molar-refractivity contribution in [3.63, 3.8) is 0 Å². The van der Waals surface area contributed by atoms with Crippen LogP contribution in [0, 0.1) is 0 Å². The summed E-state index contributed by atoms with van der Waals surface area (Å²) < 4.78 is 0. The van der Waals surface area contributed by atoms with Gasteiger partial charge in [-0.3, -0.25) is 0 Å². The highest BCUT2D eigenvalue weighted by Crippen LogP contribution is 2.17. The monoisotopic (exact) mass is 284 g/mol. The topological polar surface area (TPSA) is 52.6 Å². The predicted molar refractivity (Wildman–Crippen MR) is 79.7 cm³/mol. The molecular formula is C14H24N2O2S. The number of urea groups is 1. The van der Waals surface area contributed by atoms with Crippen LogP contribution in [0.2, 0.25) is 0 Å². The zero-order valence-corrected chi connectivity index (χ0v) is 12.9. The third-order valence-electron chi connectivity index (χ3n) is 3.02. The van der Waals surface area contributed by atoms with Crippen LogP contribution in [0.5, 0.6) is 0 Å². The Balaban J connectivity index is 2.48. The van der Waals surface area contributed by atoms with Crippen LogP contribution < -0.4 is 5.32 Å². The maximum absolute atomic E-state index is 12.1. The summed E-state index contributed by atoms with van der Waals surface area (Å²) in [4.78, 5) is 13.8. The Kier molecular flexibility index (Phi) is 6.31. The summed E-state index contributed by atoms with van der Waals surface area (Å²) in [5.74, 6) is 0.302. The molecule has 1 aromatic rings. The van der Waals surface area contributed by atoms with Crippen LogP contribution in [0.4, 0.5) is 4.79 Å². The highest BCUT2D eigenvalue weighted by atomic mass is 32.1. The smallest absolute Gasteiger partial charge is 0.317 e. The Morgan fingerprint density at radius 2 is 2.11 bits per heavy atom. The molecular weight excluding hydrogens is 260 g/mol. The van der Waals surface area contributed by atoms with Crippen molar-refractivity contribution in [1.29, 1.82) is 0 Å². The van der Waals surface area contributed by atoms with Crippen LogP contribution in [-0.2, 0) is 0 Å². The molecule has 19 heavy (non-hydrogen) atoms. The van der Waals surface area contributed by atoms with E-state index in [1.807, 2.05) is 19.2 Å². The summed E-state index contributed by atoms with van der Waals surface area (Å²) in [5.41, 5.74) is 1.25. The molecule has 5 heteroatoms. The Morgan fingerprint density at radius 3 is 2.58 bits per heavy atom. The molecule has 2 unspecified atom stereocenters. The van der Waals surface area contributed by atoms with E-state index in [0.717, 1.165) is 0 Å². The first-order chi connectivity index (χ1) is 8.91. The van der Waals surface area contributed by atoms with Gasteiger partial charge in [0.25, 0.3) is 0 Å². The lowest BCUT2D eigenvalue weighted by Gasteiger charge is -2.28. The fourth-order valence-electron chi connectivity index (χ4n) is 1.83. The van der Waals surface area contributed by atoms with Gasteiger partial charge in [0.1, 0.15) is 0 Å². The van der Waals surface area contributed by atoms with E-state index >= 15 is 0 Å². The number of thiophene rings is 1. The third-order valence-corrected chi connectivity index (χ3v) is 3.72. The number of hydrogen-bond acceptors (Lipinski definition) is 3. The molecule has 0 saturated heterocycles. The van der Waals surface area contributed by atoms with E-state index in [1.54, 1.807) is 23.2 Å². The standard InChI is InChI=1S/C14H24N2O2S/c1-10(2)16(8-12(4)17)14(18)15-7-11(3)13-5-6-19-9-13/h5-6,9-12,17H,7-8H2,1-4H3,(H,15,18).